The van der Waals surface area contributed by atoms with E-state index in [1.165, 1.54) is 150 Å². The summed E-state index contributed by atoms with van der Waals surface area (Å²) in [5, 5.41) is 3.20. The highest BCUT2D eigenvalue weighted by atomic mass is 35.5. The van der Waals surface area contributed by atoms with Crippen molar-refractivity contribution in [3.05, 3.63) is 137 Å². The molecule has 0 radical (unpaired) electrons. The molecule has 20 heteroatoms. The van der Waals surface area contributed by atoms with Crippen molar-refractivity contribution in [2.45, 2.75) is 155 Å². The number of aryl methyl sites for hydroxylation is 1. The molecule has 2 amide bonds. The first-order chi connectivity index (χ1) is 41.6. The van der Waals surface area contributed by atoms with Crippen LogP contribution in [0.2, 0.25) is 30.1 Å². The predicted octanol–water partition coefficient (Wildman–Crippen LogP) is 19.0. The maximum absolute atomic E-state index is 16.0. The van der Waals surface area contributed by atoms with Crippen molar-refractivity contribution < 1.29 is 38.1 Å². The highest BCUT2D eigenvalue weighted by Gasteiger charge is 2.55. The third-order valence-electron chi connectivity index (χ3n) is 15.5. The minimum atomic E-state index is -1.42. The summed E-state index contributed by atoms with van der Waals surface area (Å²) in [6.45, 7) is 6.75. The van der Waals surface area contributed by atoms with Crippen molar-refractivity contribution in [2.75, 3.05) is 37.5 Å². The highest BCUT2D eigenvalue weighted by molar-refractivity contribution is 6.39. The van der Waals surface area contributed by atoms with Crippen LogP contribution in [0, 0.1) is 18.8 Å². The zero-order chi connectivity index (χ0) is 61.7. The van der Waals surface area contributed by atoms with E-state index in [0.717, 1.165) is 38.5 Å². The first kappa shape index (κ1) is 67.8. The summed E-state index contributed by atoms with van der Waals surface area (Å²) in [5.41, 5.74) is 8.35. The van der Waals surface area contributed by atoms with Crippen LogP contribution in [0.15, 0.2) is 94.9 Å². The minimum absolute atomic E-state index is 0.00741. The average molecular weight is 1300 g/mol. The molecule has 0 aliphatic carbocycles. The van der Waals surface area contributed by atoms with Gasteiger partial charge in [0.1, 0.15) is 46.4 Å². The van der Waals surface area contributed by atoms with E-state index in [4.69, 9.17) is 98.5 Å². The Kier molecular flexibility index (Phi) is 26.9. The van der Waals surface area contributed by atoms with Gasteiger partial charge in [0.2, 0.25) is 0 Å². The van der Waals surface area contributed by atoms with Crippen molar-refractivity contribution in [1.29, 1.82) is 0 Å². The fourth-order valence-electron chi connectivity index (χ4n) is 10.9. The number of aliphatic imine (C=N–C) groups is 2. The second-order valence-electron chi connectivity index (χ2n) is 21.7. The fourth-order valence-corrected chi connectivity index (χ4v) is 12.3. The van der Waals surface area contributed by atoms with Gasteiger partial charge in [-0.05, 0) is 79.4 Å². The van der Waals surface area contributed by atoms with E-state index in [1.807, 2.05) is 25.1 Å². The Morgan fingerprint density at radius 3 is 1.24 bits per heavy atom. The molecule has 2 N–H and O–H groups in total. The Hall–Kier alpha value is -5.74. The number of rotatable bonds is 33. The summed E-state index contributed by atoms with van der Waals surface area (Å²) in [6.07, 6.45) is 22.6. The molecule has 0 aromatic heterocycles. The lowest BCUT2D eigenvalue weighted by molar-refractivity contribution is -0.122. The first-order valence-electron chi connectivity index (χ1n) is 30.0. The number of hydrogen-bond donors (Lipinski definition) is 2. The number of nitrogens with zero attached hydrogens (tertiary/aromatic N) is 4. The van der Waals surface area contributed by atoms with Crippen LogP contribution in [0.1, 0.15) is 180 Å². The quantitative estimate of drug-likeness (QED) is 0.0306. The minimum Gasteiger partial charge on any atom is -0.494 e. The van der Waals surface area contributed by atoms with E-state index in [1.54, 1.807) is 18.2 Å². The highest BCUT2D eigenvalue weighted by Crippen LogP contribution is 2.48. The van der Waals surface area contributed by atoms with Gasteiger partial charge in [0.15, 0.2) is 0 Å². The predicted molar refractivity (Wildman–Crippen MR) is 350 cm³/mol. The molecule has 2 aliphatic heterocycles. The number of ether oxygens (including phenoxy) is 4. The number of amides is 2. The number of carbonyl (C=O) groups is 4. The van der Waals surface area contributed by atoms with Crippen LogP contribution in [0.4, 0.5) is 22.7 Å². The van der Waals surface area contributed by atoms with Gasteiger partial charge in [0.05, 0.1) is 70.0 Å². The van der Waals surface area contributed by atoms with Gasteiger partial charge in [-0.2, -0.15) is 0 Å². The summed E-state index contributed by atoms with van der Waals surface area (Å²) in [7, 11) is 2.81. The standard InChI is InChI=1S/C66H78Cl6N6O8/c1-6-8-10-12-14-16-18-20-22-26-34-85-65(81)43-30-32-48(69)52(36-43)73-61-57(63(79)77(75-61)59-50(71)38-45(67)40-54(59)83-4)56(47-29-25-24-28-42(47)3)58-62(76-78(64(58)80)60-51(72)39-46(68)41-55(60)84-5)74-53-37-44(31-33-49(53)70)66(82)86-35-27-23-21-19-17-15-13-11-9-7-2/h24-25,28-33,36-41,56-58H,6-23,26-27,34-35H2,1-5H3,(H,73,75)(H,74,76). The van der Waals surface area contributed by atoms with Crippen molar-refractivity contribution in [2.24, 2.45) is 21.8 Å². The van der Waals surface area contributed by atoms with Crippen molar-refractivity contribution in [1.82, 2.24) is 10.9 Å². The number of halogens is 6. The second kappa shape index (κ2) is 34.1. The number of nitrogens with one attached hydrogen (secondary N) is 2. The molecule has 0 spiro atoms. The number of unbranched alkanes of at least 4 members (excludes halogenated alkanes) is 18. The normalized spacial score (nSPS) is 16.2. The molecular formula is C66H78Cl6N6O8. The third-order valence-corrected chi connectivity index (χ3v) is 17.1. The zero-order valence-corrected chi connectivity index (χ0v) is 54.2. The summed E-state index contributed by atoms with van der Waals surface area (Å²) < 4.78 is 23.1. The smallest absolute Gasteiger partial charge is 0.338 e. The van der Waals surface area contributed by atoms with Crippen LogP contribution in [0.25, 0.3) is 0 Å². The van der Waals surface area contributed by atoms with E-state index in [0.29, 0.717) is 24.0 Å². The molecule has 0 saturated carbocycles. The molecule has 14 nitrogen and oxygen atoms in total. The molecule has 2 fully saturated rings. The Morgan fingerprint density at radius 1 is 0.500 bits per heavy atom. The van der Waals surface area contributed by atoms with E-state index in [2.05, 4.69) is 24.7 Å². The Bertz CT molecular complexity index is 3030. The number of carbonyl (C=O) groups excluding carboxylic acids is 4. The molecule has 86 heavy (non-hydrogen) atoms. The molecule has 5 aromatic rings. The van der Waals surface area contributed by atoms with Gasteiger partial charge >= 0.3 is 11.9 Å². The Morgan fingerprint density at radius 2 is 0.872 bits per heavy atom. The molecule has 2 saturated heterocycles. The van der Waals surface area contributed by atoms with Gasteiger partial charge < -0.3 is 18.9 Å². The number of hydrogen-bond acceptors (Lipinski definition) is 10. The molecule has 462 valence electrons. The van der Waals surface area contributed by atoms with Crippen LogP contribution >= 0.6 is 69.6 Å². The van der Waals surface area contributed by atoms with E-state index >= 15 is 9.59 Å². The molecule has 7 rings (SSSR count). The van der Waals surface area contributed by atoms with Gasteiger partial charge in [0, 0.05) is 28.1 Å². The maximum Gasteiger partial charge on any atom is 0.338 e. The van der Waals surface area contributed by atoms with E-state index in [-0.39, 0.29) is 100 Å². The number of methoxy groups -OCH3 is 2. The van der Waals surface area contributed by atoms with Gasteiger partial charge in [-0.25, -0.2) is 29.6 Å². The number of anilines is 2. The lowest BCUT2D eigenvalue weighted by atomic mass is 9.74. The number of amidine groups is 2. The Labute approximate surface area is 536 Å². The van der Waals surface area contributed by atoms with Crippen LogP contribution in [-0.2, 0) is 19.1 Å². The maximum atomic E-state index is 16.0. The van der Waals surface area contributed by atoms with Crippen LogP contribution in [0.5, 0.6) is 11.5 Å². The number of benzene rings is 5. The second-order valence-corrected chi connectivity index (χ2v) is 24.2. The largest absolute Gasteiger partial charge is 0.494 e. The first-order valence-corrected chi connectivity index (χ1v) is 32.3. The van der Waals surface area contributed by atoms with Crippen LogP contribution < -0.4 is 30.3 Å². The van der Waals surface area contributed by atoms with Crippen LogP contribution in [-0.4, -0.2) is 62.9 Å². The lowest BCUT2D eigenvalue weighted by Crippen LogP contribution is -2.39. The summed E-state index contributed by atoms with van der Waals surface area (Å²) >= 11 is 40.9. The number of esters is 2. The van der Waals surface area contributed by atoms with Gasteiger partial charge in [-0.15, -0.1) is 0 Å². The number of hydrazine groups is 2. The molecule has 2 heterocycles. The van der Waals surface area contributed by atoms with Gasteiger partial charge in [0.25, 0.3) is 11.8 Å². The molecule has 2 atom stereocenters. The van der Waals surface area contributed by atoms with Crippen molar-refractivity contribution in [3.8, 4) is 11.5 Å². The van der Waals surface area contributed by atoms with Gasteiger partial charge in [-0.1, -0.05) is 223 Å². The van der Waals surface area contributed by atoms with Gasteiger partial charge in [-0.3, -0.25) is 20.4 Å². The topological polar surface area (TPSA) is 160 Å². The van der Waals surface area contributed by atoms with E-state index in [9.17, 15) is 9.59 Å². The monoisotopic (exact) mass is 1290 g/mol. The summed E-state index contributed by atoms with van der Waals surface area (Å²) in [5.74, 6) is -6.22. The lowest BCUT2D eigenvalue weighted by Gasteiger charge is -2.28. The van der Waals surface area contributed by atoms with E-state index < -0.39 is 41.5 Å². The molecular weight excluding hydrogens is 1220 g/mol. The van der Waals surface area contributed by atoms with Crippen LogP contribution in [0.3, 0.4) is 0 Å². The molecule has 0 bridgehead atoms. The third kappa shape index (κ3) is 18.0. The van der Waals surface area contributed by atoms with Crippen molar-refractivity contribution >= 4 is 128 Å². The molecule has 2 unspecified atom stereocenters. The Balaban J connectivity index is 1.29. The fraction of sp³-hybridized carbons (Fsp3) is 0.455. The SMILES string of the molecule is CCCCCCCCCCCCOC(=O)c1ccc(Cl)c(N=C2NN(c3c(Cl)cc(Cl)cc3OC)C(=O)C2C(c2ccccc2C)C2C(=O)N(c3c(Cl)cc(Cl)cc3OC)NC2=Nc2cc(C(=O)OCCCCCCCCCCCC)ccc2Cl)c1. The molecule has 2 aliphatic rings. The molecule has 5 aromatic carbocycles. The summed E-state index contributed by atoms with van der Waals surface area (Å²) in [4.78, 5) is 69.5. The van der Waals surface area contributed by atoms with Crippen molar-refractivity contribution in [3.63, 3.8) is 0 Å². The summed E-state index contributed by atoms with van der Waals surface area (Å²) in [6, 6.07) is 22.4. The zero-order valence-electron chi connectivity index (χ0n) is 49.7. The average Bonchev–Trinajstić information content (AvgIpc) is 1.64.